The quantitative estimate of drug-likeness (QED) is 0.616. The smallest absolute Gasteiger partial charge is 0.207 e. The van der Waals surface area contributed by atoms with Gasteiger partial charge < -0.3 is 0 Å². The first-order chi connectivity index (χ1) is 10.5. The van der Waals surface area contributed by atoms with E-state index in [0.717, 1.165) is 28.1 Å². The third kappa shape index (κ3) is 2.75. The number of aryl methyl sites for hydroxylation is 1. The summed E-state index contributed by atoms with van der Waals surface area (Å²) >= 11 is 0. The van der Waals surface area contributed by atoms with Gasteiger partial charge in [-0.05, 0) is 47.5 Å². The molecule has 110 valence electrons. The van der Waals surface area contributed by atoms with E-state index in [4.69, 9.17) is 0 Å². The van der Waals surface area contributed by atoms with Gasteiger partial charge in [-0.1, -0.05) is 12.1 Å². The Hall–Kier alpha value is -2.55. The van der Waals surface area contributed by atoms with Crippen molar-refractivity contribution < 1.29 is 13.3 Å². The molecule has 0 atom stereocenters. The van der Waals surface area contributed by atoms with Gasteiger partial charge in [0.05, 0.1) is 0 Å². The Morgan fingerprint density at radius 3 is 1.73 bits per heavy atom. The fourth-order valence-corrected chi connectivity index (χ4v) is 2.50. The largest absolute Gasteiger partial charge is 0.213 e. The van der Waals surface area contributed by atoms with Crippen molar-refractivity contribution in [2.24, 2.45) is 7.05 Å². The molecule has 3 aromatic rings. The molecule has 0 unspecified atom stereocenters. The van der Waals surface area contributed by atoms with Gasteiger partial charge in [0.15, 0.2) is 5.69 Å². The normalized spacial score (nSPS) is 10.7. The zero-order valence-corrected chi connectivity index (χ0v) is 12.5. The van der Waals surface area contributed by atoms with Crippen LogP contribution in [0.1, 0.15) is 5.69 Å². The maximum absolute atomic E-state index is 13.1. The van der Waals surface area contributed by atoms with Crippen LogP contribution >= 0.6 is 0 Å². The van der Waals surface area contributed by atoms with Crippen LogP contribution in [0, 0.1) is 18.6 Å². The molecule has 3 rings (SSSR count). The maximum Gasteiger partial charge on any atom is 0.213 e. The van der Waals surface area contributed by atoms with Crippen LogP contribution in [-0.4, -0.2) is 0 Å². The summed E-state index contributed by atoms with van der Waals surface area (Å²) in [4.78, 5) is 0. The highest BCUT2D eigenvalue weighted by Gasteiger charge is 2.15. The first kappa shape index (κ1) is 14.4. The molecule has 0 saturated carbocycles. The fourth-order valence-electron chi connectivity index (χ4n) is 2.50. The van der Waals surface area contributed by atoms with Gasteiger partial charge in [0.2, 0.25) is 5.69 Å². The Labute approximate surface area is 128 Å². The molecular weight excluding hydrogens is 280 g/mol. The van der Waals surface area contributed by atoms with E-state index in [1.54, 1.807) is 24.3 Å². The number of hydrogen-bond acceptors (Lipinski definition) is 0. The second-order valence-electron chi connectivity index (χ2n) is 5.34. The topological polar surface area (TPSA) is 3.88 Å². The number of benzene rings is 2. The van der Waals surface area contributed by atoms with Gasteiger partial charge in [0, 0.05) is 24.6 Å². The molecule has 1 heterocycles. The molecule has 0 spiro atoms. The molecule has 1 aromatic heterocycles. The van der Waals surface area contributed by atoms with Crippen molar-refractivity contribution in [2.45, 2.75) is 6.92 Å². The monoisotopic (exact) mass is 296 g/mol. The van der Waals surface area contributed by atoms with Crippen LogP contribution in [0.25, 0.3) is 22.4 Å². The highest BCUT2D eigenvalue weighted by molar-refractivity contribution is 5.69. The zero-order chi connectivity index (χ0) is 15.7. The Bertz CT molecular complexity index is 806. The second kappa shape index (κ2) is 5.68. The van der Waals surface area contributed by atoms with E-state index < -0.39 is 0 Å². The summed E-state index contributed by atoms with van der Waals surface area (Å²) in [6, 6.07) is 17.0. The van der Waals surface area contributed by atoms with Crippen LogP contribution in [0.3, 0.4) is 0 Å². The second-order valence-corrected chi connectivity index (χ2v) is 5.34. The number of nitrogens with zero attached hydrogens (tertiary/aromatic N) is 1. The molecular formula is C19H16F2N+. The summed E-state index contributed by atoms with van der Waals surface area (Å²) < 4.78 is 28.3. The van der Waals surface area contributed by atoms with E-state index in [0.29, 0.717) is 0 Å². The van der Waals surface area contributed by atoms with Gasteiger partial charge in [-0.2, -0.15) is 4.57 Å². The van der Waals surface area contributed by atoms with E-state index in [-0.39, 0.29) is 11.6 Å². The van der Waals surface area contributed by atoms with Crippen LogP contribution in [-0.2, 0) is 7.05 Å². The minimum absolute atomic E-state index is 0.249. The van der Waals surface area contributed by atoms with E-state index in [1.165, 1.54) is 24.3 Å². The third-order valence-electron chi connectivity index (χ3n) is 3.86. The summed E-state index contributed by atoms with van der Waals surface area (Å²) in [7, 11) is 1.97. The number of rotatable bonds is 2. The third-order valence-corrected chi connectivity index (χ3v) is 3.86. The molecule has 0 saturated heterocycles. The lowest BCUT2D eigenvalue weighted by Gasteiger charge is -2.07. The van der Waals surface area contributed by atoms with Gasteiger partial charge in [0.25, 0.3) is 0 Å². The van der Waals surface area contributed by atoms with Crippen molar-refractivity contribution in [1.29, 1.82) is 0 Å². The van der Waals surface area contributed by atoms with Crippen LogP contribution in [0.2, 0.25) is 0 Å². The number of hydrogen-bond donors (Lipinski definition) is 0. The molecule has 0 aliphatic heterocycles. The number of halogens is 2. The average Bonchev–Trinajstić information content (AvgIpc) is 2.52. The Morgan fingerprint density at radius 2 is 1.18 bits per heavy atom. The van der Waals surface area contributed by atoms with Crippen LogP contribution < -0.4 is 4.57 Å². The summed E-state index contributed by atoms with van der Waals surface area (Å²) in [6.45, 7) is 2.01. The first-order valence-electron chi connectivity index (χ1n) is 7.07. The fraction of sp³-hybridized carbons (Fsp3) is 0.105. The molecule has 0 radical (unpaired) electrons. The summed E-state index contributed by atoms with van der Waals surface area (Å²) in [5.41, 5.74) is 4.96. The Morgan fingerprint density at radius 1 is 0.682 bits per heavy atom. The van der Waals surface area contributed by atoms with Crippen molar-refractivity contribution in [3.05, 3.63) is 78.0 Å². The van der Waals surface area contributed by atoms with Crippen molar-refractivity contribution in [2.75, 3.05) is 0 Å². The van der Waals surface area contributed by atoms with Gasteiger partial charge in [-0.25, -0.2) is 8.78 Å². The highest BCUT2D eigenvalue weighted by Crippen LogP contribution is 2.25. The van der Waals surface area contributed by atoms with Crippen molar-refractivity contribution >= 4 is 0 Å². The predicted molar refractivity (Wildman–Crippen MR) is 83.1 cm³/mol. The van der Waals surface area contributed by atoms with Crippen LogP contribution in [0.4, 0.5) is 8.78 Å². The molecule has 3 heteroatoms. The van der Waals surface area contributed by atoms with Gasteiger partial charge >= 0.3 is 0 Å². The molecule has 0 aliphatic carbocycles. The summed E-state index contributed by atoms with van der Waals surface area (Å²) in [5.74, 6) is -0.501. The van der Waals surface area contributed by atoms with E-state index in [9.17, 15) is 8.78 Å². The van der Waals surface area contributed by atoms with Crippen molar-refractivity contribution in [3.8, 4) is 22.4 Å². The summed E-state index contributed by atoms with van der Waals surface area (Å²) in [5, 5.41) is 0. The summed E-state index contributed by atoms with van der Waals surface area (Å²) in [6.07, 6.45) is 0. The van der Waals surface area contributed by atoms with Crippen molar-refractivity contribution in [3.63, 3.8) is 0 Å². The van der Waals surface area contributed by atoms with Crippen molar-refractivity contribution in [1.82, 2.24) is 0 Å². The molecule has 0 aliphatic rings. The molecule has 0 bridgehead atoms. The molecule has 2 aromatic carbocycles. The molecule has 22 heavy (non-hydrogen) atoms. The molecule has 0 fully saturated rings. The maximum atomic E-state index is 13.1. The lowest BCUT2D eigenvalue weighted by Crippen LogP contribution is -2.34. The lowest BCUT2D eigenvalue weighted by atomic mass is 10.0. The van der Waals surface area contributed by atoms with Crippen LogP contribution in [0.15, 0.2) is 60.7 Å². The van der Waals surface area contributed by atoms with E-state index in [1.807, 2.05) is 20.0 Å². The molecule has 0 amide bonds. The molecule has 1 nitrogen and oxygen atoms in total. The van der Waals surface area contributed by atoms with E-state index in [2.05, 4.69) is 10.6 Å². The molecule has 0 N–H and O–H groups in total. The minimum atomic E-state index is -0.252. The van der Waals surface area contributed by atoms with E-state index >= 15 is 0 Å². The Kier molecular flexibility index (Phi) is 3.72. The lowest BCUT2D eigenvalue weighted by molar-refractivity contribution is -0.666. The van der Waals surface area contributed by atoms with Gasteiger partial charge in [0.1, 0.15) is 18.7 Å². The predicted octanol–water partition coefficient (Wildman–Crippen LogP) is 4.43. The SMILES string of the molecule is Cc1cc(-c2ccc(F)cc2)cc(-c2ccc(F)cc2)[n+]1C. The average molecular weight is 296 g/mol. The minimum Gasteiger partial charge on any atom is -0.207 e. The zero-order valence-electron chi connectivity index (χ0n) is 12.5. The first-order valence-corrected chi connectivity index (χ1v) is 7.07. The number of pyridine rings is 1. The van der Waals surface area contributed by atoms with Gasteiger partial charge in [-0.15, -0.1) is 0 Å². The van der Waals surface area contributed by atoms with Crippen LogP contribution in [0.5, 0.6) is 0 Å². The number of aromatic nitrogens is 1. The van der Waals surface area contributed by atoms with Gasteiger partial charge in [-0.3, -0.25) is 0 Å². The Balaban J connectivity index is 2.14. The highest BCUT2D eigenvalue weighted by atomic mass is 19.1. The standard InChI is InChI=1S/C19H16F2N/c1-13-11-16(14-3-7-17(20)8-4-14)12-19(22(13)2)15-5-9-18(21)10-6-15/h3-12H,1-2H3/q+1.